The zero-order chi connectivity index (χ0) is 14.0. The molecule has 3 aliphatic heterocycles. The lowest BCUT2D eigenvalue weighted by atomic mass is 9.78. The first kappa shape index (κ1) is 12.0. The molecule has 4 rings (SSSR count). The number of fused-ring (bicyclic) bond motifs is 5. The molecule has 3 saturated heterocycles. The fourth-order valence-corrected chi connectivity index (χ4v) is 3.56. The lowest BCUT2D eigenvalue weighted by Gasteiger charge is -2.25. The maximum Gasteiger partial charge on any atom is 0.240 e. The van der Waals surface area contributed by atoms with Crippen molar-refractivity contribution in [1.29, 1.82) is 0 Å². The Bertz CT molecular complexity index is 556. The standard InChI is InChI=1S/C14H13NO5/c16-9-10(17)12-8-7(11(9)20-12)13(18)15(14(8)19)6-4-2-1-3-5-6/h1-5,7-12,16-17H/t7-,8+,9-,10+,11+,12-. The number of hydrogen-bond donors (Lipinski definition) is 2. The van der Waals surface area contributed by atoms with Crippen LogP contribution < -0.4 is 4.90 Å². The molecular formula is C14H13NO5. The predicted octanol–water partition coefficient (Wildman–Crippen LogP) is -0.705. The number of rotatable bonds is 1. The molecule has 104 valence electrons. The smallest absolute Gasteiger partial charge is 0.240 e. The molecule has 3 aliphatic rings. The average Bonchev–Trinajstić information content (AvgIpc) is 3.05. The molecule has 2 bridgehead atoms. The SMILES string of the molecule is O=C1[C@@H]2[C@H]3O[C@H]([C@H](O)[C@@H]3O)[C@@H]2C(=O)N1c1ccccc1. The number of carbonyl (C=O) groups excluding carboxylic acids is 2. The molecule has 6 nitrogen and oxygen atoms in total. The highest BCUT2D eigenvalue weighted by Gasteiger charge is 2.68. The number of carbonyl (C=O) groups is 2. The molecule has 6 atom stereocenters. The van der Waals surface area contributed by atoms with Gasteiger partial charge in [-0.25, -0.2) is 4.90 Å². The molecule has 0 spiro atoms. The van der Waals surface area contributed by atoms with E-state index in [9.17, 15) is 19.8 Å². The minimum atomic E-state index is -1.10. The largest absolute Gasteiger partial charge is 0.388 e. The van der Waals surface area contributed by atoms with E-state index in [1.165, 1.54) is 0 Å². The van der Waals surface area contributed by atoms with Gasteiger partial charge in [0, 0.05) is 0 Å². The van der Waals surface area contributed by atoms with Crippen molar-refractivity contribution in [2.45, 2.75) is 24.4 Å². The van der Waals surface area contributed by atoms with Gasteiger partial charge in [0.15, 0.2) is 0 Å². The van der Waals surface area contributed by atoms with Crippen LogP contribution in [0.25, 0.3) is 0 Å². The predicted molar refractivity (Wildman–Crippen MR) is 66.6 cm³/mol. The molecule has 0 aromatic heterocycles. The number of benzene rings is 1. The highest BCUT2D eigenvalue weighted by atomic mass is 16.6. The van der Waals surface area contributed by atoms with E-state index < -0.39 is 36.3 Å². The molecule has 2 amide bonds. The van der Waals surface area contributed by atoms with Crippen molar-refractivity contribution in [3.05, 3.63) is 30.3 Å². The normalized spacial score (nSPS) is 42.4. The second kappa shape index (κ2) is 3.88. The summed E-state index contributed by atoms with van der Waals surface area (Å²) in [6.45, 7) is 0. The Balaban J connectivity index is 1.75. The van der Waals surface area contributed by atoms with Gasteiger partial charge in [-0.15, -0.1) is 0 Å². The van der Waals surface area contributed by atoms with Crippen LogP contribution in [-0.4, -0.2) is 46.4 Å². The van der Waals surface area contributed by atoms with E-state index in [1.54, 1.807) is 30.3 Å². The van der Waals surface area contributed by atoms with Crippen molar-refractivity contribution in [2.75, 3.05) is 4.90 Å². The van der Waals surface area contributed by atoms with Crippen molar-refractivity contribution in [1.82, 2.24) is 0 Å². The third kappa shape index (κ3) is 1.28. The summed E-state index contributed by atoms with van der Waals surface area (Å²) in [5, 5.41) is 19.7. The number of aliphatic hydroxyl groups is 2. The number of anilines is 1. The summed E-state index contributed by atoms with van der Waals surface area (Å²) in [6, 6.07) is 8.67. The highest BCUT2D eigenvalue weighted by Crippen LogP contribution is 2.49. The Hall–Kier alpha value is -1.76. The number of nitrogens with zero attached hydrogens (tertiary/aromatic N) is 1. The number of ether oxygens (including phenoxy) is 1. The van der Waals surface area contributed by atoms with Gasteiger partial charge in [-0.3, -0.25) is 9.59 Å². The number of para-hydroxylation sites is 1. The molecule has 6 heteroatoms. The van der Waals surface area contributed by atoms with Crippen LogP contribution in [0.5, 0.6) is 0 Å². The molecule has 1 aromatic rings. The third-order valence-corrected chi connectivity index (χ3v) is 4.46. The second-order valence-electron chi connectivity index (χ2n) is 5.45. The number of imide groups is 1. The summed E-state index contributed by atoms with van der Waals surface area (Å²) in [7, 11) is 0. The Labute approximate surface area is 114 Å². The molecular weight excluding hydrogens is 262 g/mol. The number of hydrogen-bond acceptors (Lipinski definition) is 5. The second-order valence-corrected chi connectivity index (χ2v) is 5.45. The van der Waals surface area contributed by atoms with E-state index in [4.69, 9.17) is 4.74 Å². The van der Waals surface area contributed by atoms with Crippen LogP contribution in [0.2, 0.25) is 0 Å². The van der Waals surface area contributed by atoms with Crippen LogP contribution in [0.1, 0.15) is 0 Å². The number of amides is 2. The van der Waals surface area contributed by atoms with E-state index in [0.717, 1.165) is 4.90 Å². The summed E-state index contributed by atoms with van der Waals surface area (Å²) in [6.07, 6.45) is -3.78. The third-order valence-electron chi connectivity index (χ3n) is 4.46. The van der Waals surface area contributed by atoms with Crippen molar-refractivity contribution >= 4 is 17.5 Å². The van der Waals surface area contributed by atoms with E-state index in [-0.39, 0.29) is 11.8 Å². The molecule has 0 unspecified atom stereocenters. The van der Waals surface area contributed by atoms with Crippen LogP contribution in [-0.2, 0) is 14.3 Å². The number of aliphatic hydroxyl groups excluding tert-OH is 2. The summed E-state index contributed by atoms with van der Waals surface area (Å²) >= 11 is 0. The van der Waals surface area contributed by atoms with E-state index in [0.29, 0.717) is 5.69 Å². The minimum absolute atomic E-state index is 0.357. The fourth-order valence-electron chi connectivity index (χ4n) is 3.56. The molecule has 0 aliphatic carbocycles. The molecule has 20 heavy (non-hydrogen) atoms. The van der Waals surface area contributed by atoms with Gasteiger partial charge in [0.2, 0.25) is 11.8 Å². The van der Waals surface area contributed by atoms with Crippen molar-refractivity contribution < 1.29 is 24.5 Å². The van der Waals surface area contributed by atoms with Crippen molar-refractivity contribution in [3.63, 3.8) is 0 Å². The van der Waals surface area contributed by atoms with Crippen molar-refractivity contribution in [2.24, 2.45) is 11.8 Å². The first-order valence-corrected chi connectivity index (χ1v) is 6.55. The molecule has 3 heterocycles. The summed E-state index contributed by atoms with van der Waals surface area (Å²) in [5.41, 5.74) is 0.514. The fraction of sp³-hybridized carbons (Fsp3) is 0.429. The van der Waals surface area contributed by atoms with Crippen LogP contribution in [0.3, 0.4) is 0 Å². The zero-order valence-electron chi connectivity index (χ0n) is 10.4. The molecule has 0 radical (unpaired) electrons. The van der Waals surface area contributed by atoms with Gasteiger partial charge in [-0.1, -0.05) is 18.2 Å². The van der Waals surface area contributed by atoms with Crippen molar-refractivity contribution in [3.8, 4) is 0 Å². The van der Waals surface area contributed by atoms with Gasteiger partial charge < -0.3 is 14.9 Å². The lowest BCUT2D eigenvalue weighted by molar-refractivity contribution is -0.125. The van der Waals surface area contributed by atoms with Crippen LogP contribution in [0, 0.1) is 11.8 Å². The Morgan fingerprint density at radius 2 is 1.40 bits per heavy atom. The first-order chi connectivity index (χ1) is 9.61. The average molecular weight is 275 g/mol. The summed E-state index contributed by atoms with van der Waals surface area (Å²) in [4.78, 5) is 26.1. The molecule has 1 aromatic carbocycles. The quantitative estimate of drug-likeness (QED) is 0.661. The van der Waals surface area contributed by atoms with Gasteiger partial charge >= 0.3 is 0 Å². The molecule has 3 fully saturated rings. The van der Waals surface area contributed by atoms with Gasteiger partial charge in [0.05, 0.1) is 29.7 Å². The van der Waals surface area contributed by atoms with Gasteiger partial charge in [0.1, 0.15) is 12.2 Å². The van der Waals surface area contributed by atoms with E-state index in [2.05, 4.69) is 0 Å². The monoisotopic (exact) mass is 275 g/mol. The van der Waals surface area contributed by atoms with E-state index in [1.807, 2.05) is 0 Å². The zero-order valence-corrected chi connectivity index (χ0v) is 10.4. The lowest BCUT2D eigenvalue weighted by Crippen LogP contribution is -2.47. The molecule has 0 saturated carbocycles. The van der Waals surface area contributed by atoms with Crippen LogP contribution in [0.4, 0.5) is 5.69 Å². The maximum absolute atomic E-state index is 12.5. The van der Waals surface area contributed by atoms with Gasteiger partial charge in [-0.2, -0.15) is 0 Å². The molecule has 2 N–H and O–H groups in total. The first-order valence-electron chi connectivity index (χ1n) is 6.55. The van der Waals surface area contributed by atoms with Crippen LogP contribution >= 0.6 is 0 Å². The maximum atomic E-state index is 12.5. The van der Waals surface area contributed by atoms with E-state index >= 15 is 0 Å². The topological polar surface area (TPSA) is 87.1 Å². The van der Waals surface area contributed by atoms with Crippen LogP contribution in [0.15, 0.2) is 30.3 Å². The highest BCUT2D eigenvalue weighted by molar-refractivity contribution is 6.22. The minimum Gasteiger partial charge on any atom is -0.388 e. The Morgan fingerprint density at radius 3 is 1.90 bits per heavy atom. The van der Waals surface area contributed by atoms with Gasteiger partial charge in [0.25, 0.3) is 0 Å². The summed E-state index contributed by atoms with van der Waals surface area (Å²) < 4.78 is 5.42. The Morgan fingerprint density at radius 1 is 0.900 bits per heavy atom. The summed E-state index contributed by atoms with van der Waals surface area (Å²) in [5.74, 6) is -2.09. The Kier molecular flexibility index (Phi) is 2.33. The van der Waals surface area contributed by atoms with Gasteiger partial charge in [-0.05, 0) is 12.1 Å².